The van der Waals surface area contributed by atoms with E-state index in [1.165, 1.54) is 0 Å². The summed E-state index contributed by atoms with van der Waals surface area (Å²) < 4.78 is 11.8. The van der Waals surface area contributed by atoms with Crippen LogP contribution in [0, 0.1) is 0 Å². The first-order chi connectivity index (χ1) is 6.67. The minimum Gasteiger partial charge on any atom is -0.341 e. The van der Waals surface area contributed by atoms with Crippen LogP contribution in [0.1, 0.15) is 51.9 Å². The van der Waals surface area contributed by atoms with Crippen molar-refractivity contribution in [3.05, 3.63) is 11.9 Å². The first kappa shape index (κ1) is 12.0. The van der Waals surface area contributed by atoms with Gasteiger partial charge in [0, 0.05) is 5.66 Å². The molecular formula is C11H21O2P. The van der Waals surface area contributed by atoms with Gasteiger partial charge in [-0.15, -0.1) is 0 Å². The quantitative estimate of drug-likeness (QED) is 0.559. The SMILES string of the molecule is CCCCC=CP(=O)(O)C1CCCC1. The molecule has 0 amide bonds. The molecule has 0 aliphatic heterocycles. The number of hydrogen-bond acceptors (Lipinski definition) is 1. The second-order valence-corrected chi connectivity index (χ2v) is 6.51. The van der Waals surface area contributed by atoms with E-state index in [0.29, 0.717) is 0 Å². The van der Waals surface area contributed by atoms with Gasteiger partial charge >= 0.3 is 0 Å². The summed E-state index contributed by atoms with van der Waals surface area (Å²) in [5.41, 5.74) is 0.0559. The summed E-state index contributed by atoms with van der Waals surface area (Å²) in [7, 11) is -2.96. The molecule has 2 nitrogen and oxygen atoms in total. The van der Waals surface area contributed by atoms with E-state index in [-0.39, 0.29) is 5.66 Å². The highest BCUT2D eigenvalue weighted by Gasteiger charge is 2.30. The van der Waals surface area contributed by atoms with Crippen LogP contribution < -0.4 is 0 Å². The van der Waals surface area contributed by atoms with Crippen LogP contribution in [-0.2, 0) is 4.57 Å². The molecule has 1 aliphatic rings. The van der Waals surface area contributed by atoms with E-state index in [1.54, 1.807) is 5.82 Å². The second-order valence-electron chi connectivity index (χ2n) is 4.14. The molecule has 0 aromatic rings. The van der Waals surface area contributed by atoms with Crippen molar-refractivity contribution in [3.63, 3.8) is 0 Å². The Bertz CT molecular complexity index is 229. The van der Waals surface area contributed by atoms with Gasteiger partial charge in [-0.05, 0) is 25.1 Å². The maximum atomic E-state index is 11.8. The van der Waals surface area contributed by atoms with Gasteiger partial charge in [0.15, 0.2) is 0 Å². The van der Waals surface area contributed by atoms with Gasteiger partial charge in [-0.2, -0.15) is 0 Å². The molecule has 82 valence electrons. The van der Waals surface area contributed by atoms with Crippen LogP contribution in [0.5, 0.6) is 0 Å². The highest BCUT2D eigenvalue weighted by molar-refractivity contribution is 7.62. The fraction of sp³-hybridized carbons (Fsp3) is 0.818. The minimum absolute atomic E-state index is 0.0559. The minimum atomic E-state index is -2.96. The fourth-order valence-electron chi connectivity index (χ4n) is 1.94. The molecule has 1 fully saturated rings. The predicted octanol–water partition coefficient (Wildman–Crippen LogP) is 3.90. The monoisotopic (exact) mass is 216 g/mol. The smallest absolute Gasteiger partial charge is 0.225 e. The van der Waals surface area contributed by atoms with Crippen molar-refractivity contribution in [1.29, 1.82) is 0 Å². The Morgan fingerprint density at radius 1 is 1.43 bits per heavy atom. The summed E-state index contributed by atoms with van der Waals surface area (Å²) in [5, 5.41) is 0. The first-order valence-electron chi connectivity index (χ1n) is 5.66. The number of rotatable bonds is 5. The van der Waals surface area contributed by atoms with Crippen molar-refractivity contribution >= 4 is 7.37 Å². The molecule has 0 bridgehead atoms. The summed E-state index contributed by atoms with van der Waals surface area (Å²) in [6.07, 6.45) is 9.20. The summed E-state index contributed by atoms with van der Waals surface area (Å²) in [5.74, 6) is 1.58. The van der Waals surface area contributed by atoms with Crippen LogP contribution in [0.2, 0.25) is 0 Å². The van der Waals surface area contributed by atoms with E-state index in [9.17, 15) is 9.46 Å². The van der Waals surface area contributed by atoms with Gasteiger partial charge in [0.1, 0.15) is 0 Å². The highest BCUT2D eigenvalue weighted by atomic mass is 31.2. The summed E-state index contributed by atoms with van der Waals surface area (Å²) in [4.78, 5) is 9.78. The molecule has 0 aromatic carbocycles. The van der Waals surface area contributed by atoms with Gasteiger partial charge in [-0.25, -0.2) is 0 Å². The summed E-state index contributed by atoms with van der Waals surface area (Å²) >= 11 is 0. The molecule has 1 unspecified atom stereocenters. The van der Waals surface area contributed by atoms with Gasteiger partial charge < -0.3 is 4.89 Å². The van der Waals surface area contributed by atoms with Gasteiger partial charge in [-0.3, -0.25) is 4.57 Å². The van der Waals surface area contributed by atoms with Crippen LogP contribution in [0.3, 0.4) is 0 Å². The topological polar surface area (TPSA) is 37.3 Å². The van der Waals surface area contributed by atoms with E-state index in [2.05, 4.69) is 6.92 Å². The molecule has 0 radical (unpaired) electrons. The van der Waals surface area contributed by atoms with E-state index < -0.39 is 7.37 Å². The van der Waals surface area contributed by atoms with Crippen molar-refractivity contribution in [3.8, 4) is 0 Å². The van der Waals surface area contributed by atoms with E-state index in [4.69, 9.17) is 0 Å². The third kappa shape index (κ3) is 3.59. The lowest BCUT2D eigenvalue weighted by atomic mass is 10.2. The van der Waals surface area contributed by atoms with Gasteiger partial charge in [0.2, 0.25) is 7.37 Å². The average Bonchev–Trinajstić information content (AvgIpc) is 2.65. The Labute approximate surface area is 86.9 Å². The van der Waals surface area contributed by atoms with Crippen LogP contribution in [-0.4, -0.2) is 10.6 Å². The molecule has 1 N–H and O–H groups in total. The van der Waals surface area contributed by atoms with Gasteiger partial charge in [-0.1, -0.05) is 38.7 Å². The van der Waals surface area contributed by atoms with Crippen molar-refractivity contribution in [1.82, 2.24) is 0 Å². The van der Waals surface area contributed by atoms with Crippen LogP contribution >= 0.6 is 7.37 Å². The summed E-state index contributed by atoms with van der Waals surface area (Å²) in [6.45, 7) is 2.13. The maximum absolute atomic E-state index is 11.8. The van der Waals surface area contributed by atoms with Crippen molar-refractivity contribution < 1.29 is 9.46 Å². The Balaban J connectivity index is 2.39. The standard InChI is InChI=1S/C11H21O2P/c1-2-3-4-7-10-14(12,13)11-8-5-6-9-11/h7,10-11H,2-6,8-9H2,1H3,(H,12,13). The fourth-order valence-corrected chi connectivity index (χ4v) is 3.74. The molecule has 14 heavy (non-hydrogen) atoms. The largest absolute Gasteiger partial charge is 0.341 e. The van der Waals surface area contributed by atoms with E-state index in [0.717, 1.165) is 44.9 Å². The summed E-state index contributed by atoms with van der Waals surface area (Å²) in [6, 6.07) is 0. The first-order valence-corrected chi connectivity index (χ1v) is 7.46. The second kappa shape index (κ2) is 5.72. The van der Waals surface area contributed by atoms with Crippen molar-refractivity contribution in [2.75, 3.05) is 0 Å². The van der Waals surface area contributed by atoms with Crippen LogP contribution in [0.15, 0.2) is 11.9 Å². The van der Waals surface area contributed by atoms with Gasteiger partial charge in [0.25, 0.3) is 0 Å². The third-order valence-corrected chi connectivity index (χ3v) is 5.09. The van der Waals surface area contributed by atoms with Crippen LogP contribution in [0.4, 0.5) is 0 Å². The molecule has 0 aromatic heterocycles. The highest BCUT2D eigenvalue weighted by Crippen LogP contribution is 2.54. The Kier molecular flexibility index (Phi) is 4.91. The molecular weight excluding hydrogens is 195 g/mol. The van der Waals surface area contributed by atoms with E-state index in [1.807, 2.05) is 6.08 Å². The zero-order valence-corrected chi connectivity index (χ0v) is 9.88. The van der Waals surface area contributed by atoms with Crippen LogP contribution in [0.25, 0.3) is 0 Å². The maximum Gasteiger partial charge on any atom is 0.225 e. The molecule has 1 atom stereocenters. The lowest BCUT2D eigenvalue weighted by Crippen LogP contribution is -1.99. The van der Waals surface area contributed by atoms with E-state index >= 15 is 0 Å². The Morgan fingerprint density at radius 3 is 2.64 bits per heavy atom. The Hall–Kier alpha value is -0.0700. The Morgan fingerprint density at radius 2 is 2.07 bits per heavy atom. The van der Waals surface area contributed by atoms with Crippen molar-refractivity contribution in [2.24, 2.45) is 0 Å². The molecule has 1 aliphatic carbocycles. The molecule has 0 heterocycles. The van der Waals surface area contributed by atoms with Crippen molar-refractivity contribution in [2.45, 2.75) is 57.5 Å². The number of hydrogen-bond donors (Lipinski definition) is 1. The molecule has 1 saturated carbocycles. The number of allylic oxidation sites excluding steroid dienone is 1. The molecule has 3 heteroatoms. The molecule has 0 saturated heterocycles. The van der Waals surface area contributed by atoms with Gasteiger partial charge in [0.05, 0.1) is 0 Å². The molecule has 1 rings (SSSR count). The normalized spacial score (nSPS) is 23.0. The average molecular weight is 216 g/mol. The third-order valence-electron chi connectivity index (χ3n) is 2.89. The molecule has 0 spiro atoms. The zero-order valence-electron chi connectivity index (χ0n) is 8.98. The zero-order chi connectivity index (χ0) is 10.4. The predicted molar refractivity (Wildman–Crippen MR) is 60.7 cm³/mol. The number of unbranched alkanes of at least 4 members (excludes halogenated alkanes) is 2. The lowest BCUT2D eigenvalue weighted by Gasteiger charge is -2.13. The lowest BCUT2D eigenvalue weighted by molar-refractivity contribution is 0.473.